The van der Waals surface area contributed by atoms with Crippen molar-refractivity contribution in [1.82, 2.24) is 14.5 Å². The van der Waals surface area contributed by atoms with Gasteiger partial charge in [-0.3, -0.25) is 19.3 Å². The molecule has 3 aromatic rings. The Labute approximate surface area is 133 Å². The number of para-hydroxylation sites is 1. The van der Waals surface area contributed by atoms with Gasteiger partial charge in [0, 0.05) is 29.3 Å². The van der Waals surface area contributed by atoms with E-state index in [0.717, 1.165) is 16.5 Å². The molecular formula is C18H19N3O2. The molecule has 0 spiro atoms. The average Bonchev–Trinajstić information content (AvgIpc) is 2.53. The molecule has 2 heterocycles. The van der Waals surface area contributed by atoms with E-state index in [0.29, 0.717) is 17.8 Å². The predicted octanol–water partition coefficient (Wildman–Crippen LogP) is 2.90. The van der Waals surface area contributed by atoms with Crippen LogP contribution in [0.1, 0.15) is 32.3 Å². The zero-order chi connectivity index (χ0) is 16.6. The molecule has 3 rings (SSSR count). The third-order valence-electron chi connectivity index (χ3n) is 3.99. The van der Waals surface area contributed by atoms with Gasteiger partial charge >= 0.3 is 5.69 Å². The fourth-order valence-electron chi connectivity index (χ4n) is 2.94. The van der Waals surface area contributed by atoms with Gasteiger partial charge in [-0.1, -0.05) is 32.0 Å². The fourth-order valence-corrected chi connectivity index (χ4v) is 2.94. The Morgan fingerprint density at radius 1 is 1.22 bits per heavy atom. The van der Waals surface area contributed by atoms with E-state index in [2.05, 4.69) is 9.97 Å². The molecule has 0 radical (unpaired) electrons. The summed E-state index contributed by atoms with van der Waals surface area (Å²) in [6, 6.07) is 9.77. The molecule has 5 heteroatoms. The van der Waals surface area contributed by atoms with Crippen molar-refractivity contribution in [1.29, 1.82) is 0 Å². The third-order valence-corrected chi connectivity index (χ3v) is 3.99. The van der Waals surface area contributed by atoms with Crippen LogP contribution in [0, 0.1) is 0 Å². The number of nitrogens with one attached hydrogen (secondary N) is 1. The smallest absolute Gasteiger partial charge is 0.293 e. The average molecular weight is 309 g/mol. The summed E-state index contributed by atoms with van der Waals surface area (Å²) in [4.78, 5) is 31.4. The number of aromatic nitrogens is 3. The summed E-state index contributed by atoms with van der Waals surface area (Å²) in [5.74, 6) is -0.00128. The van der Waals surface area contributed by atoms with Crippen LogP contribution in [0.15, 0.2) is 46.1 Å². The third kappa shape index (κ3) is 2.59. The Kier molecular flexibility index (Phi) is 3.86. The molecule has 0 aliphatic heterocycles. The van der Waals surface area contributed by atoms with E-state index in [1.165, 1.54) is 0 Å². The highest BCUT2D eigenvalue weighted by Gasteiger charge is 2.19. The molecule has 0 aliphatic rings. The second kappa shape index (κ2) is 5.83. The first-order chi connectivity index (χ1) is 11.0. The lowest BCUT2D eigenvalue weighted by atomic mass is 9.98. The largest absolute Gasteiger partial charge is 0.328 e. The van der Waals surface area contributed by atoms with E-state index >= 15 is 0 Å². The molecular weight excluding hydrogens is 290 g/mol. The molecule has 2 aromatic heterocycles. The number of pyridine rings is 1. The summed E-state index contributed by atoms with van der Waals surface area (Å²) in [6.45, 7) is 6.28. The van der Waals surface area contributed by atoms with Crippen molar-refractivity contribution in [3.05, 3.63) is 62.9 Å². The minimum atomic E-state index is -0.384. The highest BCUT2D eigenvalue weighted by atomic mass is 16.2. The molecule has 0 bridgehead atoms. The van der Waals surface area contributed by atoms with E-state index < -0.39 is 0 Å². The van der Waals surface area contributed by atoms with Gasteiger partial charge in [0.2, 0.25) is 0 Å². The van der Waals surface area contributed by atoms with E-state index in [1.54, 1.807) is 10.8 Å². The molecule has 0 unspecified atom stereocenters. The van der Waals surface area contributed by atoms with Gasteiger partial charge in [0.1, 0.15) is 0 Å². The van der Waals surface area contributed by atoms with Gasteiger partial charge in [-0.2, -0.15) is 0 Å². The maximum atomic E-state index is 12.3. The molecule has 1 aromatic carbocycles. The van der Waals surface area contributed by atoms with Gasteiger partial charge in [-0.15, -0.1) is 0 Å². The van der Waals surface area contributed by atoms with Crippen LogP contribution in [0.3, 0.4) is 0 Å². The Hall–Kier alpha value is -2.69. The first-order valence-electron chi connectivity index (χ1n) is 7.75. The molecule has 0 atom stereocenters. The van der Waals surface area contributed by atoms with Gasteiger partial charge in [0.25, 0.3) is 5.56 Å². The van der Waals surface area contributed by atoms with E-state index in [9.17, 15) is 9.59 Å². The van der Waals surface area contributed by atoms with Crippen molar-refractivity contribution < 1.29 is 0 Å². The molecule has 23 heavy (non-hydrogen) atoms. The first kappa shape index (κ1) is 15.2. The monoisotopic (exact) mass is 309 g/mol. The minimum Gasteiger partial charge on any atom is -0.293 e. The lowest BCUT2D eigenvalue weighted by Crippen LogP contribution is -2.34. The topological polar surface area (TPSA) is 67.8 Å². The standard InChI is InChI=1S/C18H19N3O2/c1-4-21-16(15(11(2)3)17(22)20-18(21)23)13-9-12-7-5-6-8-14(12)19-10-13/h5-11H,4H2,1-3H3,(H,20,22,23). The first-order valence-corrected chi connectivity index (χ1v) is 7.75. The SMILES string of the molecule is CCn1c(-c2cnc3ccccc3c2)c(C(C)C)c(=O)[nH]c1=O. The van der Waals surface area contributed by atoms with Crippen molar-refractivity contribution in [3.63, 3.8) is 0 Å². The highest BCUT2D eigenvalue weighted by molar-refractivity contribution is 5.83. The van der Waals surface area contributed by atoms with Crippen LogP contribution >= 0.6 is 0 Å². The normalized spacial score (nSPS) is 11.3. The number of hydrogen-bond acceptors (Lipinski definition) is 3. The molecule has 0 aliphatic carbocycles. The maximum absolute atomic E-state index is 12.3. The molecule has 5 nitrogen and oxygen atoms in total. The van der Waals surface area contributed by atoms with Gasteiger partial charge in [0.15, 0.2) is 0 Å². The van der Waals surface area contributed by atoms with Crippen LogP contribution in [0.2, 0.25) is 0 Å². The lowest BCUT2D eigenvalue weighted by Gasteiger charge is -2.17. The summed E-state index contributed by atoms with van der Waals surface area (Å²) >= 11 is 0. The minimum absolute atomic E-state index is 0.00128. The van der Waals surface area contributed by atoms with E-state index in [1.807, 2.05) is 51.1 Å². The molecule has 1 N–H and O–H groups in total. The van der Waals surface area contributed by atoms with Gasteiger partial charge in [-0.25, -0.2) is 4.79 Å². The van der Waals surface area contributed by atoms with Crippen molar-refractivity contribution in [2.24, 2.45) is 0 Å². The maximum Gasteiger partial charge on any atom is 0.328 e. The summed E-state index contributed by atoms with van der Waals surface area (Å²) in [5, 5.41) is 0.982. The summed E-state index contributed by atoms with van der Waals surface area (Å²) in [7, 11) is 0. The Morgan fingerprint density at radius 2 is 1.96 bits per heavy atom. The predicted molar refractivity (Wildman–Crippen MR) is 91.8 cm³/mol. The summed E-state index contributed by atoms with van der Waals surface area (Å²) in [5.41, 5.74) is 2.25. The number of aromatic amines is 1. The Bertz CT molecular complexity index is 983. The molecule has 0 amide bonds. The number of nitrogens with zero attached hydrogens (tertiary/aromatic N) is 2. The zero-order valence-corrected chi connectivity index (χ0v) is 13.5. The zero-order valence-electron chi connectivity index (χ0n) is 13.5. The summed E-state index contributed by atoms with van der Waals surface area (Å²) in [6.07, 6.45) is 1.73. The second-order valence-electron chi connectivity index (χ2n) is 5.84. The van der Waals surface area contributed by atoms with Gasteiger partial charge < -0.3 is 0 Å². The molecule has 0 saturated heterocycles. The molecule has 0 fully saturated rings. The molecule has 118 valence electrons. The number of fused-ring (bicyclic) bond motifs is 1. The Balaban J connectivity index is 2.40. The van der Waals surface area contributed by atoms with Crippen LogP contribution in [0.25, 0.3) is 22.2 Å². The van der Waals surface area contributed by atoms with Gasteiger partial charge in [-0.05, 0) is 25.0 Å². The van der Waals surface area contributed by atoms with E-state index in [-0.39, 0.29) is 17.2 Å². The van der Waals surface area contributed by atoms with Crippen LogP contribution in [0.4, 0.5) is 0 Å². The summed E-state index contributed by atoms with van der Waals surface area (Å²) < 4.78 is 1.60. The van der Waals surface area contributed by atoms with Crippen LogP contribution in [0.5, 0.6) is 0 Å². The lowest BCUT2D eigenvalue weighted by molar-refractivity contribution is 0.678. The van der Waals surface area contributed by atoms with Crippen molar-refractivity contribution in [2.45, 2.75) is 33.2 Å². The van der Waals surface area contributed by atoms with Crippen LogP contribution in [-0.2, 0) is 6.54 Å². The highest BCUT2D eigenvalue weighted by Crippen LogP contribution is 2.27. The Morgan fingerprint density at radius 3 is 2.65 bits per heavy atom. The van der Waals surface area contributed by atoms with Crippen molar-refractivity contribution in [2.75, 3.05) is 0 Å². The molecule has 0 saturated carbocycles. The second-order valence-corrected chi connectivity index (χ2v) is 5.84. The van der Waals surface area contributed by atoms with Crippen LogP contribution < -0.4 is 11.2 Å². The van der Waals surface area contributed by atoms with E-state index in [4.69, 9.17) is 0 Å². The number of benzene rings is 1. The van der Waals surface area contributed by atoms with Crippen molar-refractivity contribution in [3.8, 4) is 11.3 Å². The quantitative estimate of drug-likeness (QED) is 0.809. The van der Waals surface area contributed by atoms with Crippen molar-refractivity contribution >= 4 is 10.9 Å². The number of rotatable bonds is 3. The number of H-pyrrole nitrogens is 1. The number of hydrogen-bond donors (Lipinski definition) is 1. The fraction of sp³-hybridized carbons (Fsp3) is 0.278. The van der Waals surface area contributed by atoms with Gasteiger partial charge in [0.05, 0.1) is 11.2 Å². The van der Waals surface area contributed by atoms with Crippen LogP contribution in [-0.4, -0.2) is 14.5 Å².